The van der Waals surface area contributed by atoms with Crippen molar-refractivity contribution in [3.8, 4) is 0 Å². The van der Waals surface area contributed by atoms with Gasteiger partial charge in [0.05, 0.1) is 4.90 Å². The van der Waals surface area contributed by atoms with Crippen LogP contribution in [0.5, 0.6) is 0 Å². The summed E-state index contributed by atoms with van der Waals surface area (Å²) in [5, 5.41) is 5.30. The molecule has 0 saturated carbocycles. The number of hydrogen-bond donors (Lipinski definition) is 1. The molecular weight excluding hydrogens is 238 g/mol. The third kappa shape index (κ3) is 2.15. The third-order valence-electron chi connectivity index (χ3n) is 1.56. The fourth-order valence-electron chi connectivity index (χ4n) is 0.992. The molecule has 0 heterocycles. The van der Waals surface area contributed by atoms with Crippen LogP contribution in [0.2, 0.25) is 0 Å². The Morgan fingerprint density at radius 2 is 2.08 bits per heavy atom. The lowest BCUT2D eigenvalue weighted by atomic mass is 10.2. The Hall–Kier alpha value is -0.190. The van der Waals surface area contributed by atoms with Crippen LogP contribution in [0.15, 0.2) is 29.2 Å². The minimum absolute atomic E-state index is 0.182. The summed E-state index contributed by atoms with van der Waals surface area (Å²) in [4.78, 5) is 0.878. The highest BCUT2D eigenvalue weighted by Crippen LogP contribution is 2.25. The molecule has 0 aliphatic rings. The molecule has 0 bridgehead atoms. The topological polar surface area (TPSA) is 43.1 Å². The van der Waals surface area contributed by atoms with Crippen LogP contribution in [0.3, 0.4) is 0 Å². The molecule has 66 valence electrons. The Kier molecular flexibility index (Phi) is 3.43. The number of benzene rings is 1. The van der Waals surface area contributed by atoms with Crippen LogP contribution in [0, 0.1) is 0 Å². The van der Waals surface area contributed by atoms with E-state index in [9.17, 15) is 4.21 Å². The van der Waals surface area contributed by atoms with Crippen molar-refractivity contribution >= 4 is 26.9 Å². The predicted octanol–water partition coefficient (Wildman–Crippen LogP) is 2.12. The molecule has 0 aromatic heterocycles. The van der Waals surface area contributed by atoms with Gasteiger partial charge in [0.25, 0.3) is 0 Å². The van der Waals surface area contributed by atoms with Crippen LogP contribution in [-0.4, -0.2) is 4.21 Å². The van der Waals surface area contributed by atoms with Gasteiger partial charge >= 0.3 is 0 Å². The van der Waals surface area contributed by atoms with E-state index >= 15 is 0 Å². The van der Waals surface area contributed by atoms with Gasteiger partial charge in [-0.3, -0.25) is 0 Å². The normalized spacial score (nSPS) is 15.6. The molecule has 0 amide bonds. The van der Waals surface area contributed by atoms with Gasteiger partial charge in [0, 0.05) is 4.83 Å². The lowest BCUT2D eigenvalue weighted by Crippen LogP contribution is -2.06. The molecule has 2 N–H and O–H groups in total. The van der Waals surface area contributed by atoms with E-state index in [1.54, 1.807) is 6.07 Å². The minimum Gasteiger partial charge on any atom is -0.248 e. The number of halogens is 1. The molecule has 0 spiro atoms. The van der Waals surface area contributed by atoms with Gasteiger partial charge in [-0.15, -0.1) is 0 Å². The maximum absolute atomic E-state index is 11.0. The summed E-state index contributed by atoms with van der Waals surface area (Å²) < 4.78 is 11.0. The van der Waals surface area contributed by atoms with Gasteiger partial charge in [-0.2, -0.15) is 0 Å². The first-order chi connectivity index (χ1) is 5.63. The van der Waals surface area contributed by atoms with Gasteiger partial charge in [0.2, 0.25) is 0 Å². The Bertz CT molecular complexity index is 301. The quantitative estimate of drug-likeness (QED) is 0.800. The van der Waals surface area contributed by atoms with Crippen LogP contribution in [0.25, 0.3) is 0 Å². The largest absolute Gasteiger partial charge is 0.248 e. The first kappa shape index (κ1) is 9.89. The van der Waals surface area contributed by atoms with E-state index in [-0.39, 0.29) is 4.83 Å². The molecule has 1 aromatic carbocycles. The Morgan fingerprint density at radius 3 is 2.50 bits per heavy atom. The highest BCUT2D eigenvalue weighted by molar-refractivity contribution is 9.09. The monoisotopic (exact) mass is 247 g/mol. The molecule has 1 aromatic rings. The lowest BCUT2D eigenvalue weighted by molar-refractivity contribution is 0.683. The summed E-state index contributed by atoms with van der Waals surface area (Å²) >= 11 is 3.41. The maximum atomic E-state index is 11.0. The molecule has 1 rings (SSSR count). The molecule has 2 unspecified atom stereocenters. The molecule has 0 aliphatic carbocycles. The minimum atomic E-state index is -1.39. The van der Waals surface area contributed by atoms with Crippen molar-refractivity contribution in [3.63, 3.8) is 0 Å². The zero-order valence-corrected chi connectivity index (χ0v) is 9.06. The van der Waals surface area contributed by atoms with Gasteiger partial charge in [-0.05, 0) is 18.6 Å². The molecular formula is C8H10BrNOS. The molecule has 4 heteroatoms. The first-order valence-electron chi connectivity index (χ1n) is 3.52. The van der Waals surface area contributed by atoms with Crippen LogP contribution in [-0.2, 0) is 11.0 Å². The highest BCUT2D eigenvalue weighted by atomic mass is 79.9. The molecule has 12 heavy (non-hydrogen) atoms. The summed E-state index contributed by atoms with van der Waals surface area (Å²) in [6.45, 7) is 1.98. The fourth-order valence-corrected chi connectivity index (χ4v) is 2.23. The van der Waals surface area contributed by atoms with Gasteiger partial charge in [-0.1, -0.05) is 34.1 Å². The lowest BCUT2D eigenvalue weighted by Gasteiger charge is -2.07. The van der Waals surface area contributed by atoms with Gasteiger partial charge in [0.1, 0.15) is 11.0 Å². The number of nitrogens with two attached hydrogens (primary N) is 1. The van der Waals surface area contributed by atoms with Crippen LogP contribution < -0.4 is 5.14 Å². The summed E-state index contributed by atoms with van der Waals surface area (Å²) in [5.74, 6) is 0. The van der Waals surface area contributed by atoms with Gasteiger partial charge < -0.3 is 0 Å². The van der Waals surface area contributed by atoms with E-state index in [2.05, 4.69) is 15.9 Å². The molecule has 2 atom stereocenters. The van der Waals surface area contributed by atoms with Crippen molar-refractivity contribution in [1.29, 1.82) is 0 Å². The molecule has 2 nitrogen and oxygen atoms in total. The summed E-state index contributed by atoms with van der Waals surface area (Å²) in [5.41, 5.74) is 0.985. The predicted molar refractivity (Wildman–Crippen MR) is 54.4 cm³/mol. The average molecular weight is 248 g/mol. The van der Waals surface area contributed by atoms with Crippen molar-refractivity contribution in [1.82, 2.24) is 0 Å². The van der Waals surface area contributed by atoms with E-state index in [1.165, 1.54) is 0 Å². The highest BCUT2D eigenvalue weighted by Gasteiger charge is 2.09. The van der Waals surface area contributed by atoms with E-state index < -0.39 is 11.0 Å². The van der Waals surface area contributed by atoms with E-state index in [1.807, 2.05) is 25.1 Å². The molecule has 0 radical (unpaired) electrons. The van der Waals surface area contributed by atoms with Crippen LogP contribution >= 0.6 is 15.9 Å². The Labute approximate surface area is 82.9 Å². The standard InChI is InChI=1S/C8H10BrNOS/c1-6(9)7-4-2-3-5-8(7)12(10)11/h2-6H,10H2,1H3. The fraction of sp³-hybridized carbons (Fsp3) is 0.250. The zero-order chi connectivity index (χ0) is 9.14. The van der Waals surface area contributed by atoms with Crippen molar-refractivity contribution in [2.45, 2.75) is 16.6 Å². The van der Waals surface area contributed by atoms with Crippen molar-refractivity contribution < 1.29 is 4.21 Å². The summed E-state index contributed by atoms with van der Waals surface area (Å²) in [7, 11) is -1.39. The van der Waals surface area contributed by atoms with E-state index in [0.29, 0.717) is 4.90 Å². The maximum Gasteiger partial charge on any atom is 0.122 e. The number of alkyl halides is 1. The first-order valence-corrected chi connectivity index (χ1v) is 5.65. The van der Waals surface area contributed by atoms with Gasteiger partial charge in [-0.25, -0.2) is 9.35 Å². The second kappa shape index (κ2) is 4.16. The Balaban J connectivity index is 3.17. The van der Waals surface area contributed by atoms with Crippen LogP contribution in [0.1, 0.15) is 17.3 Å². The molecule has 0 fully saturated rings. The van der Waals surface area contributed by atoms with Crippen molar-refractivity contribution in [3.05, 3.63) is 29.8 Å². The summed E-state index contributed by atoms with van der Waals surface area (Å²) in [6, 6.07) is 7.44. The number of hydrogen-bond acceptors (Lipinski definition) is 1. The summed E-state index contributed by atoms with van der Waals surface area (Å²) in [6.07, 6.45) is 0. The smallest absolute Gasteiger partial charge is 0.122 e. The van der Waals surface area contributed by atoms with E-state index in [0.717, 1.165) is 5.56 Å². The van der Waals surface area contributed by atoms with Crippen LogP contribution in [0.4, 0.5) is 0 Å². The average Bonchev–Trinajstić information content (AvgIpc) is 2.04. The Morgan fingerprint density at radius 1 is 1.50 bits per heavy atom. The van der Waals surface area contributed by atoms with E-state index in [4.69, 9.17) is 5.14 Å². The van der Waals surface area contributed by atoms with Crippen molar-refractivity contribution in [2.24, 2.45) is 5.14 Å². The molecule has 0 saturated heterocycles. The number of rotatable bonds is 2. The van der Waals surface area contributed by atoms with Gasteiger partial charge in [0.15, 0.2) is 0 Å². The third-order valence-corrected chi connectivity index (χ3v) is 2.86. The van der Waals surface area contributed by atoms with Crippen molar-refractivity contribution in [2.75, 3.05) is 0 Å². The second-order valence-electron chi connectivity index (χ2n) is 2.45. The zero-order valence-electron chi connectivity index (χ0n) is 6.66. The SMILES string of the molecule is CC(Br)c1ccccc1S(N)=O. The molecule has 0 aliphatic heterocycles. The second-order valence-corrected chi connectivity index (χ2v) is 4.86.